The molecule has 42 heavy (non-hydrogen) atoms. The number of ether oxygens (including phenoxy) is 1. The number of para-hydroxylation sites is 1. The number of unbranched alkanes of at least 4 members (excludes halogenated alkanes) is 1. The molecule has 0 saturated heterocycles. The smallest absolute Gasteiger partial charge is 0.121 e. The Balaban J connectivity index is 0.00000316. The van der Waals surface area contributed by atoms with Crippen LogP contribution in [0.2, 0.25) is 0 Å². The Bertz CT molecular complexity index is 1920. The molecule has 0 N–H and O–H groups in total. The average Bonchev–Trinajstić information content (AvgIpc) is 3.51. The summed E-state index contributed by atoms with van der Waals surface area (Å²) in [5.74, 6) is 0.927. The summed E-state index contributed by atoms with van der Waals surface area (Å²) in [6.07, 6.45) is 9.93. The van der Waals surface area contributed by atoms with E-state index in [1.165, 1.54) is 49.2 Å². The van der Waals surface area contributed by atoms with Gasteiger partial charge in [0.2, 0.25) is 0 Å². The van der Waals surface area contributed by atoms with Crippen LogP contribution >= 0.6 is 12.4 Å². The van der Waals surface area contributed by atoms with Gasteiger partial charge in [0.25, 0.3) is 0 Å². The second kappa shape index (κ2) is 12.3. The molecule has 0 atom stereocenters. The topological polar surface area (TPSA) is 44.9 Å². The Morgan fingerprint density at radius 2 is 1.43 bits per heavy atom. The van der Waals surface area contributed by atoms with E-state index >= 15 is 0 Å². The molecule has 0 fully saturated rings. The maximum Gasteiger partial charge on any atom is 0.121 e. The molecule has 6 heteroatoms. The summed E-state index contributed by atoms with van der Waals surface area (Å²) in [5.41, 5.74) is 7.37. The van der Waals surface area contributed by atoms with E-state index in [0.717, 1.165) is 50.2 Å². The maximum absolute atomic E-state index is 6.31. The van der Waals surface area contributed by atoms with Crippen molar-refractivity contribution in [3.63, 3.8) is 0 Å². The van der Waals surface area contributed by atoms with Gasteiger partial charge in [-0.1, -0.05) is 48.5 Å². The van der Waals surface area contributed by atoms with Gasteiger partial charge in [-0.05, 0) is 68.5 Å². The van der Waals surface area contributed by atoms with E-state index in [4.69, 9.17) is 4.74 Å². The molecule has 0 aliphatic rings. The van der Waals surface area contributed by atoms with Crippen molar-refractivity contribution in [2.75, 3.05) is 6.61 Å². The van der Waals surface area contributed by atoms with Crippen molar-refractivity contribution >= 4 is 56.0 Å². The fourth-order valence-electron chi connectivity index (χ4n) is 6.31. The number of nitrogens with zero attached hydrogens (tertiary/aromatic N) is 4. The number of aromatic nitrogens is 4. The molecule has 0 aliphatic carbocycles. The lowest BCUT2D eigenvalue weighted by Crippen LogP contribution is -2.03. The Kier molecular flexibility index (Phi) is 8.11. The lowest BCUT2D eigenvalue weighted by Gasteiger charge is -2.11. The highest BCUT2D eigenvalue weighted by atomic mass is 35.5. The monoisotopic (exact) mass is 574 g/mol. The van der Waals surface area contributed by atoms with E-state index in [1.807, 2.05) is 18.6 Å². The minimum Gasteiger partial charge on any atom is -0.494 e. The number of fused-ring (bicyclic) bond motifs is 6. The summed E-state index contributed by atoms with van der Waals surface area (Å²) >= 11 is 0. The normalized spacial score (nSPS) is 11.5. The third kappa shape index (κ3) is 5.21. The molecule has 4 heterocycles. The highest BCUT2D eigenvalue weighted by Crippen LogP contribution is 2.33. The van der Waals surface area contributed by atoms with Gasteiger partial charge in [-0.25, -0.2) is 0 Å². The predicted octanol–water partition coefficient (Wildman–Crippen LogP) is 8.91. The van der Waals surface area contributed by atoms with Crippen LogP contribution in [-0.2, 0) is 19.5 Å². The van der Waals surface area contributed by atoms with Gasteiger partial charge in [0.15, 0.2) is 0 Å². The molecule has 7 rings (SSSR count). The Hall–Kier alpha value is -4.35. The van der Waals surface area contributed by atoms with Crippen LogP contribution in [0.25, 0.3) is 43.6 Å². The molecule has 0 radical (unpaired) electrons. The molecule has 0 spiro atoms. The number of halogens is 1. The van der Waals surface area contributed by atoms with Crippen LogP contribution < -0.4 is 4.74 Å². The number of hydrogen-bond acceptors (Lipinski definition) is 3. The SMILES string of the molecule is Cc1nccc2c3ccc(OCCCCn4c5ccccc5c5ccncc54)cc3n(CCCc3ccccc3)c12.Cl. The van der Waals surface area contributed by atoms with Gasteiger partial charge in [0.05, 0.1) is 35.0 Å². The number of aryl methyl sites for hydroxylation is 4. The first-order valence-corrected chi connectivity index (χ1v) is 14.6. The average molecular weight is 575 g/mol. The number of pyridine rings is 2. The minimum absolute atomic E-state index is 0. The summed E-state index contributed by atoms with van der Waals surface area (Å²) in [4.78, 5) is 9.01. The van der Waals surface area contributed by atoms with Crippen molar-refractivity contribution in [1.29, 1.82) is 0 Å². The van der Waals surface area contributed by atoms with E-state index < -0.39 is 0 Å². The molecule has 0 unspecified atom stereocenters. The van der Waals surface area contributed by atoms with Crippen LogP contribution in [0.3, 0.4) is 0 Å². The van der Waals surface area contributed by atoms with E-state index in [9.17, 15) is 0 Å². The van der Waals surface area contributed by atoms with Gasteiger partial charge in [-0.3, -0.25) is 9.97 Å². The third-order valence-corrected chi connectivity index (χ3v) is 8.24. The number of rotatable bonds is 10. The maximum atomic E-state index is 6.31. The van der Waals surface area contributed by atoms with Gasteiger partial charge >= 0.3 is 0 Å². The van der Waals surface area contributed by atoms with E-state index in [0.29, 0.717) is 6.61 Å². The van der Waals surface area contributed by atoms with E-state index in [-0.39, 0.29) is 12.4 Å². The molecular weight excluding hydrogens is 540 g/mol. The molecule has 4 aromatic heterocycles. The minimum atomic E-state index is 0. The van der Waals surface area contributed by atoms with Gasteiger partial charge < -0.3 is 13.9 Å². The third-order valence-electron chi connectivity index (χ3n) is 8.24. The van der Waals surface area contributed by atoms with Gasteiger partial charge in [-0.15, -0.1) is 12.4 Å². The zero-order valence-corrected chi connectivity index (χ0v) is 24.7. The first-order chi connectivity index (χ1) is 20.3. The van der Waals surface area contributed by atoms with Crippen molar-refractivity contribution < 1.29 is 4.74 Å². The van der Waals surface area contributed by atoms with Crippen molar-refractivity contribution in [2.45, 2.75) is 45.7 Å². The Morgan fingerprint density at radius 3 is 2.33 bits per heavy atom. The summed E-state index contributed by atoms with van der Waals surface area (Å²) in [6, 6.07) is 30.2. The fraction of sp³-hybridized carbons (Fsp3) is 0.222. The molecule has 0 aliphatic heterocycles. The van der Waals surface area contributed by atoms with Crippen molar-refractivity contribution in [1.82, 2.24) is 19.1 Å². The van der Waals surface area contributed by atoms with Gasteiger partial charge in [0, 0.05) is 58.6 Å². The lowest BCUT2D eigenvalue weighted by molar-refractivity contribution is 0.304. The standard InChI is InChI=1S/C36H34N4O.ClH/c1-26-36-32(18-20-38-26)30-16-15-28(24-34(30)40(36)22-9-12-27-10-3-2-4-11-27)41-23-8-7-21-39-33-14-6-5-13-29(33)31-17-19-37-25-35(31)39;/h2-6,10-11,13-20,24-25H,7-9,12,21-23H2,1H3;1H. The van der Waals surface area contributed by atoms with Crippen LogP contribution in [-0.4, -0.2) is 25.7 Å². The van der Waals surface area contributed by atoms with E-state index in [2.05, 4.69) is 111 Å². The lowest BCUT2D eigenvalue weighted by atomic mass is 10.1. The first-order valence-electron chi connectivity index (χ1n) is 14.6. The number of hydrogen-bond donors (Lipinski definition) is 0. The quantitative estimate of drug-likeness (QED) is 0.153. The zero-order valence-electron chi connectivity index (χ0n) is 23.9. The molecule has 3 aromatic carbocycles. The zero-order chi connectivity index (χ0) is 27.6. The van der Waals surface area contributed by atoms with Crippen molar-refractivity contribution in [3.05, 3.63) is 115 Å². The van der Waals surface area contributed by atoms with Gasteiger partial charge in [0.1, 0.15) is 5.75 Å². The van der Waals surface area contributed by atoms with Crippen molar-refractivity contribution in [3.8, 4) is 5.75 Å². The summed E-state index contributed by atoms with van der Waals surface area (Å²) in [6.45, 7) is 4.69. The Morgan fingerprint density at radius 1 is 0.667 bits per heavy atom. The second-order valence-electron chi connectivity index (χ2n) is 10.8. The molecule has 7 aromatic rings. The largest absolute Gasteiger partial charge is 0.494 e. The highest BCUT2D eigenvalue weighted by molar-refractivity contribution is 6.09. The first kappa shape index (κ1) is 27.8. The molecular formula is C36H35ClN4O. The summed E-state index contributed by atoms with van der Waals surface area (Å²) < 4.78 is 11.2. The highest BCUT2D eigenvalue weighted by Gasteiger charge is 2.14. The molecule has 0 saturated carbocycles. The molecule has 0 bridgehead atoms. The van der Waals surface area contributed by atoms with Crippen LogP contribution in [0, 0.1) is 6.92 Å². The Labute approximate surface area is 252 Å². The summed E-state index contributed by atoms with van der Waals surface area (Å²) in [5, 5.41) is 5.08. The van der Waals surface area contributed by atoms with Crippen LogP contribution in [0.5, 0.6) is 5.75 Å². The van der Waals surface area contributed by atoms with E-state index in [1.54, 1.807) is 0 Å². The molecule has 0 amide bonds. The van der Waals surface area contributed by atoms with Crippen molar-refractivity contribution in [2.24, 2.45) is 0 Å². The summed E-state index contributed by atoms with van der Waals surface area (Å²) in [7, 11) is 0. The molecule has 212 valence electrons. The molecule has 5 nitrogen and oxygen atoms in total. The predicted molar refractivity (Wildman–Crippen MR) is 176 cm³/mol. The number of benzene rings is 3. The van der Waals surface area contributed by atoms with Crippen LogP contribution in [0.15, 0.2) is 104 Å². The van der Waals surface area contributed by atoms with Crippen LogP contribution in [0.1, 0.15) is 30.5 Å². The van der Waals surface area contributed by atoms with Crippen LogP contribution in [0.4, 0.5) is 0 Å². The fourth-order valence-corrected chi connectivity index (χ4v) is 6.31. The second-order valence-corrected chi connectivity index (χ2v) is 10.8. The van der Waals surface area contributed by atoms with Gasteiger partial charge in [-0.2, -0.15) is 0 Å².